The van der Waals surface area contributed by atoms with Gasteiger partial charge >= 0.3 is 0 Å². The van der Waals surface area contributed by atoms with Crippen LogP contribution in [0.2, 0.25) is 0 Å². The van der Waals surface area contributed by atoms with Crippen molar-refractivity contribution in [1.29, 1.82) is 0 Å². The summed E-state index contributed by atoms with van der Waals surface area (Å²) in [4.78, 5) is 2.19. The van der Waals surface area contributed by atoms with Crippen LogP contribution in [0.3, 0.4) is 0 Å². The number of rotatable bonds is 6. The Bertz CT molecular complexity index is 97.0. The molecule has 0 aromatic carbocycles. The second-order valence-electron chi connectivity index (χ2n) is 2.08. The smallest absolute Gasteiger partial charge is 0.187 e. The summed E-state index contributed by atoms with van der Waals surface area (Å²) in [6, 6.07) is 0. The van der Waals surface area contributed by atoms with E-state index in [9.17, 15) is 0 Å². The van der Waals surface area contributed by atoms with Gasteiger partial charge in [0.15, 0.2) is 17.4 Å². The van der Waals surface area contributed by atoms with E-state index in [0.29, 0.717) is 0 Å². The SMILES string of the molecule is C=CCN(CC=C)CC=C.[AlH3]. The van der Waals surface area contributed by atoms with Crippen molar-refractivity contribution in [3.63, 3.8) is 0 Å². The summed E-state index contributed by atoms with van der Waals surface area (Å²) in [7, 11) is 0. The van der Waals surface area contributed by atoms with E-state index >= 15 is 0 Å². The zero-order valence-electron chi connectivity index (χ0n) is 6.42. The molecule has 0 rings (SSSR count). The Morgan fingerprint density at radius 2 is 1.09 bits per heavy atom. The van der Waals surface area contributed by atoms with Gasteiger partial charge in [-0.2, -0.15) is 0 Å². The molecule has 0 saturated carbocycles. The van der Waals surface area contributed by atoms with Crippen LogP contribution in [-0.2, 0) is 0 Å². The minimum atomic E-state index is 0. The summed E-state index contributed by atoms with van der Waals surface area (Å²) in [6.45, 7) is 13.7. The molecule has 0 aliphatic rings. The molecule has 0 bridgehead atoms. The molecule has 0 aromatic rings. The number of hydrogen-bond acceptors (Lipinski definition) is 1. The van der Waals surface area contributed by atoms with Gasteiger partial charge in [-0.15, -0.1) is 19.7 Å². The molecule has 11 heavy (non-hydrogen) atoms. The van der Waals surface area contributed by atoms with E-state index in [2.05, 4.69) is 24.6 Å². The molecule has 0 saturated heterocycles. The van der Waals surface area contributed by atoms with Crippen molar-refractivity contribution in [3.05, 3.63) is 38.0 Å². The lowest BCUT2D eigenvalue weighted by atomic mass is 10.4. The van der Waals surface area contributed by atoms with Crippen molar-refractivity contribution in [2.75, 3.05) is 19.6 Å². The summed E-state index contributed by atoms with van der Waals surface area (Å²) >= 11 is 0. The van der Waals surface area contributed by atoms with Crippen LogP contribution in [0.5, 0.6) is 0 Å². The van der Waals surface area contributed by atoms with Gasteiger partial charge in [-0.3, -0.25) is 4.90 Å². The van der Waals surface area contributed by atoms with Gasteiger partial charge in [0.2, 0.25) is 0 Å². The highest BCUT2D eigenvalue weighted by molar-refractivity contribution is 5.75. The summed E-state index contributed by atoms with van der Waals surface area (Å²) in [6.07, 6.45) is 5.65. The maximum Gasteiger partial charge on any atom is 0.187 e. The molecule has 62 valence electrons. The summed E-state index contributed by atoms with van der Waals surface area (Å²) in [5.74, 6) is 0. The molecule has 0 radical (unpaired) electrons. The Morgan fingerprint density at radius 3 is 1.27 bits per heavy atom. The molecule has 0 aliphatic heterocycles. The third kappa shape index (κ3) is 7.61. The van der Waals surface area contributed by atoms with Crippen LogP contribution in [0.1, 0.15) is 0 Å². The zero-order valence-corrected chi connectivity index (χ0v) is 6.42. The van der Waals surface area contributed by atoms with Gasteiger partial charge in [-0.1, -0.05) is 18.2 Å². The van der Waals surface area contributed by atoms with E-state index in [4.69, 9.17) is 0 Å². The first-order valence-corrected chi connectivity index (χ1v) is 3.40. The molecule has 0 aromatic heterocycles. The van der Waals surface area contributed by atoms with Crippen molar-refractivity contribution < 1.29 is 0 Å². The molecule has 0 atom stereocenters. The molecule has 0 spiro atoms. The fourth-order valence-corrected chi connectivity index (χ4v) is 0.771. The molecule has 2 heteroatoms. The Kier molecular flexibility index (Phi) is 11.8. The average molecular weight is 167 g/mol. The van der Waals surface area contributed by atoms with Crippen LogP contribution in [0.4, 0.5) is 0 Å². The van der Waals surface area contributed by atoms with Crippen molar-refractivity contribution in [1.82, 2.24) is 4.90 Å². The van der Waals surface area contributed by atoms with Gasteiger partial charge < -0.3 is 0 Å². The third-order valence-electron chi connectivity index (χ3n) is 1.16. The Labute approximate surface area is 80.2 Å². The van der Waals surface area contributed by atoms with Crippen molar-refractivity contribution in [3.8, 4) is 0 Å². The van der Waals surface area contributed by atoms with Crippen LogP contribution in [-0.4, -0.2) is 41.9 Å². The van der Waals surface area contributed by atoms with E-state index in [1.165, 1.54) is 0 Å². The zero-order chi connectivity index (χ0) is 7.82. The largest absolute Gasteiger partial charge is 0.292 e. The van der Waals surface area contributed by atoms with Crippen LogP contribution in [0.15, 0.2) is 38.0 Å². The van der Waals surface area contributed by atoms with Crippen molar-refractivity contribution in [2.45, 2.75) is 0 Å². The first-order chi connectivity index (χ1) is 4.85. The van der Waals surface area contributed by atoms with E-state index < -0.39 is 0 Å². The predicted octanol–water partition coefficient (Wildman–Crippen LogP) is 0.662. The van der Waals surface area contributed by atoms with E-state index in [0.717, 1.165) is 19.6 Å². The first kappa shape index (κ1) is 13.3. The van der Waals surface area contributed by atoms with E-state index in [1.54, 1.807) is 0 Å². The molecule has 0 heterocycles. The molecular formula is C9H18AlN. The molecular weight excluding hydrogens is 149 g/mol. The highest BCUT2D eigenvalue weighted by Gasteiger charge is 1.94. The maximum atomic E-state index is 3.65. The molecule has 0 N–H and O–H groups in total. The van der Waals surface area contributed by atoms with Crippen LogP contribution >= 0.6 is 0 Å². The van der Waals surface area contributed by atoms with Gasteiger partial charge in [0.05, 0.1) is 0 Å². The normalized spacial score (nSPS) is 8.45. The molecule has 0 amide bonds. The van der Waals surface area contributed by atoms with Gasteiger partial charge in [0.25, 0.3) is 0 Å². The summed E-state index contributed by atoms with van der Waals surface area (Å²) < 4.78 is 0. The average Bonchev–Trinajstić information content (AvgIpc) is 1.90. The fraction of sp³-hybridized carbons (Fsp3) is 0.333. The maximum absolute atomic E-state index is 3.65. The summed E-state index contributed by atoms with van der Waals surface area (Å²) in [5.41, 5.74) is 0. The van der Waals surface area contributed by atoms with Crippen LogP contribution in [0.25, 0.3) is 0 Å². The lowest BCUT2D eigenvalue weighted by Crippen LogP contribution is -2.23. The Morgan fingerprint density at radius 1 is 0.818 bits per heavy atom. The first-order valence-electron chi connectivity index (χ1n) is 3.40. The van der Waals surface area contributed by atoms with E-state index in [1.807, 2.05) is 18.2 Å². The second-order valence-corrected chi connectivity index (χ2v) is 2.08. The fourth-order valence-electron chi connectivity index (χ4n) is 0.771. The van der Waals surface area contributed by atoms with Gasteiger partial charge in [0.1, 0.15) is 0 Å². The van der Waals surface area contributed by atoms with Crippen molar-refractivity contribution in [2.24, 2.45) is 0 Å². The predicted molar refractivity (Wildman–Crippen MR) is 57.0 cm³/mol. The van der Waals surface area contributed by atoms with Gasteiger partial charge in [0, 0.05) is 19.6 Å². The number of nitrogens with zero attached hydrogens (tertiary/aromatic N) is 1. The van der Waals surface area contributed by atoms with E-state index in [-0.39, 0.29) is 17.4 Å². The lowest BCUT2D eigenvalue weighted by Gasteiger charge is -2.15. The van der Waals surface area contributed by atoms with Crippen LogP contribution < -0.4 is 0 Å². The lowest BCUT2D eigenvalue weighted by molar-refractivity contribution is 0.373. The van der Waals surface area contributed by atoms with Gasteiger partial charge in [-0.25, -0.2) is 0 Å². The quantitative estimate of drug-likeness (QED) is 0.415. The van der Waals surface area contributed by atoms with Gasteiger partial charge in [-0.05, 0) is 0 Å². The molecule has 0 aliphatic carbocycles. The monoisotopic (exact) mass is 167 g/mol. The molecule has 0 unspecified atom stereocenters. The second kappa shape index (κ2) is 9.71. The summed E-state index contributed by atoms with van der Waals surface area (Å²) in [5, 5.41) is 0. The Balaban J connectivity index is 0. The highest BCUT2D eigenvalue weighted by atomic mass is 27.0. The highest BCUT2D eigenvalue weighted by Crippen LogP contribution is 1.88. The third-order valence-corrected chi connectivity index (χ3v) is 1.16. The van der Waals surface area contributed by atoms with Crippen molar-refractivity contribution >= 4 is 17.4 Å². The number of hydrogen-bond donors (Lipinski definition) is 0. The topological polar surface area (TPSA) is 3.24 Å². The molecule has 0 fully saturated rings. The van der Waals surface area contributed by atoms with Crippen LogP contribution in [0, 0.1) is 0 Å². The molecule has 1 nitrogen and oxygen atoms in total. The standard InChI is InChI=1S/C9H15N.Al.3H/c1-4-7-10(8-5-2)9-6-3;;;;/h4-6H,1-3,7-9H2;;;;. The minimum absolute atomic E-state index is 0. The Hall–Kier alpha value is -0.288. The minimum Gasteiger partial charge on any atom is -0.292 e.